The van der Waals surface area contributed by atoms with Crippen LogP contribution in [-0.4, -0.2) is 49.5 Å². The number of benzene rings is 1. The lowest BCUT2D eigenvalue weighted by molar-refractivity contribution is -0.120. The molecule has 7 nitrogen and oxygen atoms in total. The van der Waals surface area contributed by atoms with E-state index in [9.17, 15) is 13.2 Å². The number of aromatic nitrogens is 1. The summed E-state index contributed by atoms with van der Waals surface area (Å²) in [7, 11) is -0.582. The zero-order valence-electron chi connectivity index (χ0n) is 13.4. The molecule has 1 aromatic carbocycles. The van der Waals surface area contributed by atoms with E-state index in [1.165, 1.54) is 38.0 Å². The van der Waals surface area contributed by atoms with Crippen LogP contribution in [0.1, 0.15) is 13.8 Å². The van der Waals surface area contributed by atoms with E-state index < -0.39 is 10.0 Å². The molecule has 1 amide bonds. The number of nitrogens with zero attached hydrogens (tertiary/aromatic N) is 2. The van der Waals surface area contributed by atoms with Gasteiger partial charge in [0.15, 0.2) is 5.58 Å². The minimum atomic E-state index is -3.52. The zero-order valence-corrected chi connectivity index (χ0v) is 15.0. The van der Waals surface area contributed by atoms with Gasteiger partial charge in [-0.15, -0.1) is 0 Å². The molecular weight excluding hydrogens is 338 g/mol. The number of hydrogen-bond donors (Lipinski definition) is 1. The number of hydrogen-bond acceptors (Lipinski definition) is 6. The molecule has 0 fully saturated rings. The molecule has 0 saturated heterocycles. The van der Waals surface area contributed by atoms with Crippen molar-refractivity contribution in [2.75, 3.05) is 20.6 Å². The van der Waals surface area contributed by atoms with E-state index in [4.69, 9.17) is 4.42 Å². The van der Waals surface area contributed by atoms with E-state index >= 15 is 0 Å². The van der Waals surface area contributed by atoms with Crippen LogP contribution in [0.3, 0.4) is 0 Å². The summed E-state index contributed by atoms with van der Waals surface area (Å²) in [6, 6.07) is 4.51. The minimum absolute atomic E-state index is 0.101. The number of rotatable bonds is 6. The molecule has 0 aliphatic carbocycles. The van der Waals surface area contributed by atoms with Crippen LogP contribution in [0.5, 0.6) is 0 Å². The Kier molecular flexibility index (Phi) is 5.33. The van der Waals surface area contributed by atoms with Crippen molar-refractivity contribution < 1.29 is 17.6 Å². The molecule has 2 aromatic rings. The molecule has 0 radical (unpaired) electrons. The quantitative estimate of drug-likeness (QED) is 0.791. The molecule has 0 spiro atoms. The standard InChI is InChI=1S/C14H19N3O4S2/c1-5-15-13(18)9(2)22-14-16-11-8-10(6-7-12(11)21-14)23(19,20)17(3)4/h6-9H,5H2,1-4H3,(H,15,18)/t9-/m0/s1. The summed E-state index contributed by atoms with van der Waals surface area (Å²) >= 11 is 1.19. The van der Waals surface area contributed by atoms with Gasteiger partial charge in [0.05, 0.1) is 10.1 Å². The van der Waals surface area contributed by atoms with Crippen molar-refractivity contribution in [1.82, 2.24) is 14.6 Å². The Balaban J connectivity index is 2.28. The Hall–Kier alpha value is -1.58. The summed E-state index contributed by atoms with van der Waals surface area (Å²) < 4.78 is 31.0. The normalized spacial score (nSPS) is 13.4. The summed E-state index contributed by atoms with van der Waals surface area (Å²) in [5, 5.41) is 2.70. The van der Waals surface area contributed by atoms with Crippen LogP contribution in [0.2, 0.25) is 0 Å². The van der Waals surface area contributed by atoms with E-state index in [0.29, 0.717) is 22.9 Å². The Morgan fingerprint density at radius 1 is 1.43 bits per heavy atom. The van der Waals surface area contributed by atoms with Crippen LogP contribution in [0.4, 0.5) is 0 Å². The Labute approximate surface area is 139 Å². The van der Waals surface area contributed by atoms with Crippen LogP contribution >= 0.6 is 11.8 Å². The summed E-state index contributed by atoms with van der Waals surface area (Å²) in [5.41, 5.74) is 0.923. The second-order valence-corrected chi connectivity index (χ2v) is 8.50. The van der Waals surface area contributed by atoms with Crippen LogP contribution in [0.15, 0.2) is 32.7 Å². The maximum atomic E-state index is 12.1. The SMILES string of the molecule is CCNC(=O)[C@H](C)Sc1nc2cc(S(=O)(=O)N(C)C)ccc2o1. The van der Waals surface area contributed by atoms with Crippen molar-refractivity contribution in [3.63, 3.8) is 0 Å². The summed E-state index contributed by atoms with van der Waals surface area (Å²) in [6.07, 6.45) is 0. The van der Waals surface area contributed by atoms with Gasteiger partial charge in [-0.25, -0.2) is 17.7 Å². The number of thioether (sulfide) groups is 1. The lowest BCUT2D eigenvalue weighted by atomic mass is 10.3. The van der Waals surface area contributed by atoms with Gasteiger partial charge in [0, 0.05) is 20.6 Å². The fourth-order valence-corrected chi connectivity index (χ4v) is 3.53. The van der Waals surface area contributed by atoms with Crippen LogP contribution < -0.4 is 5.32 Å². The average molecular weight is 357 g/mol. The lowest BCUT2D eigenvalue weighted by Gasteiger charge is -2.10. The van der Waals surface area contributed by atoms with Crippen molar-refractivity contribution in [2.24, 2.45) is 0 Å². The Morgan fingerprint density at radius 3 is 2.74 bits per heavy atom. The first-order chi connectivity index (χ1) is 10.8. The molecule has 0 unspecified atom stereocenters. The first kappa shape index (κ1) is 17.8. The van der Waals surface area contributed by atoms with Gasteiger partial charge in [0.1, 0.15) is 5.52 Å². The van der Waals surface area contributed by atoms with Gasteiger partial charge >= 0.3 is 0 Å². The number of fused-ring (bicyclic) bond motifs is 1. The molecular formula is C14H19N3O4S2. The van der Waals surface area contributed by atoms with Gasteiger partial charge in [-0.2, -0.15) is 0 Å². The van der Waals surface area contributed by atoms with Crippen LogP contribution in [0, 0.1) is 0 Å². The fraction of sp³-hybridized carbons (Fsp3) is 0.429. The average Bonchev–Trinajstić information content (AvgIpc) is 2.88. The first-order valence-corrected chi connectivity index (χ1v) is 9.35. The third-order valence-corrected chi connectivity index (χ3v) is 5.87. The molecule has 0 aliphatic heterocycles. The molecule has 0 aliphatic rings. The smallest absolute Gasteiger partial charge is 0.257 e. The van der Waals surface area contributed by atoms with Gasteiger partial charge in [-0.3, -0.25) is 4.79 Å². The predicted octanol–water partition coefficient (Wildman–Crippen LogP) is 1.69. The highest BCUT2D eigenvalue weighted by Crippen LogP contribution is 2.28. The molecule has 1 N–H and O–H groups in total. The summed E-state index contributed by atoms with van der Waals surface area (Å²) in [4.78, 5) is 16.1. The summed E-state index contributed by atoms with van der Waals surface area (Å²) in [5.74, 6) is -0.101. The predicted molar refractivity (Wildman–Crippen MR) is 88.9 cm³/mol. The third-order valence-electron chi connectivity index (χ3n) is 3.12. The number of amides is 1. The molecule has 0 saturated carbocycles. The number of carbonyl (C=O) groups excluding carboxylic acids is 1. The zero-order chi connectivity index (χ0) is 17.2. The van der Waals surface area contributed by atoms with Crippen LogP contribution in [0.25, 0.3) is 11.1 Å². The molecule has 2 rings (SSSR count). The van der Waals surface area contributed by atoms with Gasteiger partial charge in [0.2, 0.25) is 15.9 Å². The highest BCUT2D eigenvalue weighted by Gasteiger charge is 2.20. The van der Waals surface area contributed by atoms with Gasteiger partial charge in [0.25, 0.3) is 5.22 Å². The van der Waals surface area contributed by atoms with E-state index in [1.54, 1.807) is 13.0 Å². The largest absolute Gasteiger partial charge is 0.431 e. The first-order valence-electron chi connectivity index (χ1n) is 7.03. The van der Waals surface area contributed by atoms with Crippen molar-refractivity contribution in [3.05, 3.63) is 18.2 Å². The van der Waals surface area contributed by atoms with Gasteiger partial charge < -0.3 is 9.73 Å². The number of oxazole rings is 1. The van der Waals surface area contributed by atoms with E-state index in [-0.39, 0.29) is 16.1 Å². The van der Waals surface area contributed by atoms with E-state index in [0.717, 1.165) is 4.31 Å². The monoisotopic (exact) mass is 357 g/mol. The number of nitrogens with one attached hydrogen (secondary N) is 1. The number of sulfonamides is 1. The van der Waals surface area contributed by atoms with Crippen LogP contribution in [-0.2, 0) is 14.8 Å². The maximum absolute atomic E-state index is 12.1. The molecule has 126 valence electrons. The van der Waals surface area contributed by atoms with E-state index in [1.807, 2.05) is 6.92 Å². The Morgan fingerprint density at radius 2 is 2.13 bits per heavy atom. The maximum Gasteiger partial charge on any atom is 0.257 e. The Bertz CT molecular complexity index is 815. The second kappa shape index (κ2) is 6.90. The fourth-order valence-electron chi connectivity index (χ4n) is 1.83. The highest BCUT2D eigenvalue weighted by atomic mass is 32.2. The second-order valence-electron chi connectivity index (χ2n) is 5.05. The van der Waals surface area contributed by atoms with E-state index in [2.05, 4.69) is 10.3 Å². The van der Waals surface area contributed by atoms with Crippen molar-refractivity contribution >= 4 is 38.8 Å². The molecule has 23 heavy (non-hydrogen) atoms. The minimum Gasteiger partial charge on any atom is -0.431 e. The highest BCUT2D eigenvalue weighted by molar-refractivity contribution is 8.00. The lowest BCUT2D eigenvalue weighted by Crippen LogP contribution is -2.30. The van der Waals surface area contributed by atoms with Gasteiger partial charge in [-0.05, 0) is 32.0 Å². The third kappa shape index (κ3) is 3.85. The summed E-state index contributed by atoms with van der Waals surface area (Å²) in [6.45, 7) is 4.16. The van der Waals surface area contributed by atoms with Crippen molar-refractivity contribution in [3.8, 4) is 0 Å². The molecule has 1 atom stereocenters. The number of carbonyl (C=O) groups is 1. The topological polar surface area (TPSA) is 92.5 Å². The molecule has 1 heterocycles. The van der Waals surface area contributed by atoms with Crippen molar-refractivity contribution in [1.29, 1.82) is 0 Å². The van der Waals surface area contributed by atoms with Gasteiger partial charge in [-0.1, -0.05) is 11.8 Å². The molecule has 1 aromatic heterocycles. The molecule has 9 heteroatoms. The van der Waals surface area contributed by atoms with Crippen molar-refractivity contribution in [2.45, 2.75) is 29.2 Å². The molecule has 0 bridgehead atoms.